The molecule has 0 saturated heterocycles. The van der Waals surface area contributed by atoms with Crippen LogP contribution in [0.1, 0.15) is 310 Å². The molecule has 0 aromatic heterocycles. The van der Waals surface area contributed by atoms with E-state index in [0.717, 1.165) is 63.7 Å². The average molecular weight is 863 g/mol. The maximum Gasteiger partial charge on any atom is 0.306 e. The molecule has 0 aliphatic heterocycles. The van der Waals surface area contributed by atoms with Crippen molar-refractivity contribution in [2.75, 3.05) is 13.2 Å². The second kappa shape index (κ2) is 49.4. The van der Waals surface area contributed by atoms with Gasteiger partial charge in [0.05, 0.1) is 0 Å². The van der Waals surface area contributed by atoms with Crippen LogP contribution < -0.4 is 0 Å². The third-order valence-corrected chi connectivity index (χ3v) is 12.9. The molecular weight excluding hydrogens is 757 g/mol. The summed E-state index contributed by atoms with van der Waals surface area (Å²) in [4.78, 5) is 38.0. The average Bonchev–Trinajstić information content (AvgIpc) is 3.26. The molecule has 0 radical (unpaired) electrons. The normalized spacial score (nSPS) is 12.4. The number of ether oxygens (including phenoxy) is 3. The van der Waals surface area contributed by atoms with E-state index in [2.05, 4.69) is 27.7 Å². The highest BCUT2D eigenvalue weighted by molar-refractivity contribution is 5.71. The maximum atomic E-state index is 12.8. The molecule has 61 heavy (non-hydrogen) atoms. The maximum absolute atomic E-state index is 12.8. The molecule has 6 nitrogen and oxygen atoms in total. The van der Waals surface area contributed by atoms with Crippen LogP contribution in [0.3, 0.4) is 0 Å². The van der Waals surface area contributed by atoms with Crippen LogP contribution in [-0.4, -0.2) is 37.2 Å². The van der Waals surface area contributed by atoms with Crippen LogP contribution in [0.25, 0.3) is 0 Å². The number of rotatable bonds is 50. The molecule has 0 rings (SSSR count). The molecule has 1 unspecified atom stereocenters. The monoisotopic (exact) mass is 863 g/mol. The van der Waals surface area contributed by atoms with Gasteiger partial charge in [0.25, 0.3) is 0 Å². The predicted molar refractivity (Wildman–Crippen MR) is 261 cm³/mol. The van der Waals surface area contributed by atoms with Gasteiger partial charge in [-0.1, -0.05) is 272 Å². The third kappa shape index (κ3) is 47.7. The number of unbranched alkanes of at least 4 members (excludes halogenated alkanes) is 36. The van der Waals surface area contributed by atoms with E-state index in [1.807, 2.05) is 0 Å². The van der Waals surface area contributed by atoms with E-state index in [1.54, 1.807) is 0 Å². The van der Waals surface area contributed by atoms with E-state index >= 15 is 0 Å². The molecule has 0 saturated carbocycles. The number of carbonyl (C=O) groups is 3. The van der Waals surface area contributed by atoms with E-state index in [-0.39, 0.29) is 31.1 Å². The Morgan fingerprint density at radius 1 is 0.328 bits per heavy atom. The van der Waals surface area contributed by atoms with Crippen LogP contribution >= 0.6 is 0 Å². The molecule has 0 heterocycles. The lowest BCUT2D eigenvalue weighted by Crippen LogP contribution is -2.30. The van der Waals surface area contributed by atoms with Gasteiger partial charge in [0.15, 0.2) is 6.10 Å². The predicted octanol–water partition coefficient (Wildman–Crippen LogP) is 17.8. The van der Waals surface area contributed by atoms with E-state index in [1.165, 1.54) is 205 Å². The summed E-state index contributed by atoms with van der Waals surface area (Å²) in [5.41, 5.74) is 0. The van der Waals surface area contributed by atoms with Gasteiger partial charge in [0.1, 0.15) is 13.2 Å². The lowest BCUT2D eigenvalue weighted by molar-refractivity contribution is -0.167. The quantitative estimate of drug-likeness (QED) is 0.0344. The Morgan fingerprint density at radius 2 is 0.574 bits per heavy atom. The Bertz CT molecular complexity index is 920. The molecule has 0 N–H and O–H groups in total. The molecule has 0 aromatic rings. The summed E-state index contributed by atoms with van der Waals surface area (Å²) in [5.74, 6) is 0.00681. The number of hydrogen-bond donors (Lipinski definition) is 0. The first-order valence-electron chi connectivity index (χ1n) is 27.4. The first-order valence-corrected chi connectivity index (χ1v) is 27.4. The van der Waals surface area contributed by atoms with Gasteiger partial charge in [-0.05, 0) is 25.2 Å². The van der Waals surface area contributed by atoms with Crippen LogP contribution in [0.5, 0.6) is 0 Å². The standard InChI is InChI=1S/C55H106O6/c1-5-8-10-12-14-16-18-20-22-24-26-28-30-36-40-44-48-55(58)61-52(50-60-54(57)47-43-39-35-32-31-33-37-41-45-51(4)7-3)49-59-53(56)46-42-38-34-29-27-25-23-21-19-17-15-13-11-9-6-2/h51-52H,5-50H2,1-4H3/t51?,52-/m1/s1. The van der Waals surface area contributed by atoms with Crippen molar-refractivity contribution in [1.29, 1.82) is 0 Å². The zero-order chi connectivity index (χ0) is 44.5. The fourth-order valence-corrected chi connectivity index (χ4v) is 8.36. The van der Waals surface area contributed by atoms with Crippen LogP contribution in [0.4, 0.5) is 0 Å². The van der Waals surface area contributed by atoms with Crippen molar-refractivity contribution in [2.24, 2.45) is 5.92 Å². The van der Waals surface area contributed by atoms with E-state index in [4.69, 9.17) is 14.2 Å². The zero-order valence-corrected chi connectivity index (χ0v) is 41.6. The molecule has 0 bridgehead atoms. The molecule has 0 fully saturated rings. The van der Waals surface area contributed by atoms with Gasteiger partial charge in [0.2, 0.25) is 0 Å². The molecule has 0 amide bonds. The molecule has 0 aromatic carbocycles. The van der Waals surface area contributed by atoms with Crippen LogP contribution in [0.2, 0.25) is 0 Å². The van der Waals surface area contributed by atoms with Gasteiger partial charge in [0, 0.05) is 19.3 Å². The number of carbonyl (C=O) groups excluding carboxylic acids is 3. The largest absolute Gasteiger partial charge is 0.462 e. The van der Waals surface area contributed by atoms with Crippen molar-refractivity contribution in [1.82, 2.24) is 0 Å². The van der Waals surface area contributed by atoms with Gasteiger partial charge in [-0.3, -0.25) is 14.4 Å². The highest BCUT2D eigenvalue weighted by Crippen LogP contribution is 2.18. The van der Waals surface area contributed by atoms with Gasteiger partial charge in [-0.25, -0.2) is 0 Å². The summed E-state index contributed by atoms with van der Waals surface area (Å²) < 4.78 is 16.8. The fraction of sp³-hybridized carbons (Fsp3) is 0.945. The highest BCUT2D eigenvalue weighted by Gasteiger charge is 2.19. The topological polar surface area (TPSA) is 78.9 Å². The minimum Gasteiger partial charge on any atom is -0.462 e. The molecule has 362 valence electrons. The minimum atomic E-state index is -0.761. The summed E-state index contributed by atoms with van der Waals surface area (Å²) in [6.45, 7) is 9.05. The van der Waals surface area contributed by atoms with Gasteiger partial charge < -0.3 is 14.2 Å². The number of esters is 3. The molecule has 0 aliphatic rings. The second-order valence-electron chi connectivity index (χ2n) is 19.1. The Hall–Kier alpha value is -1.59. The van der Waals surface area contributed by atoms with E-state index in [0.29, 0.717) is 19.3 Å². The van der Waals surface area contributed by atoms with Crippen LogP contribution in [-0.2, 0) is 28.6 Å². The fourth-order valence-electron chi connectivity index (χ4n) is 8.36. The summed E-state index contributed by atoms with van der Waals surface area (Å²) in [7, 11) is 0. The van der Waals surface area contributed by atoms with Gasteiger partial charge in [-0.2, -0.15) is 0 Å². The Balaban J connectivity index is 4.30. The first-order chi connectivity index (χ1) is 29.9. The molecule has 6 heteroatoms. The van der Waals surface area contributed by atoms with Gasteiger partial charge in [-0.15, -0.1) is 0 Å². The zero-order valence-electron chi connectivity index (χ0n) is 41.6. The van der Waals surface area contributed by atoms with Crippen LogP contribution in [0, 0.1) is 5.92 Å². The summed E-state index contributed by atoms with van der Waals surface area (Å²) in [5, 5.41) is 0. The lowest BCUT2D eigenvalue weighted by atomic mass is 9.99. The smallest absolute Gasteiger partial charge is 0.306 e. The van der Waals surface area contributed by atoms with E-state index < -0.39 is 6.10 Å². The van der Waals surface area contributed by atoms with Gasteiger partial charge >= 0.3 is 17.9 Å². The van der Waals surface area contributed by atoms with Crippen molar-refractivity contribution >= 4 is 17.9 Å². The minimum absolute atomic E-state index is 0.0626. The molecule has 0 aliphatic carbocycles. The van der Waals surface area contributed by atoms with Crippen LogP contribution in [0.15, 0.2) is 0 Å². The summed E-state index contributed by atoms with van der Waals surface area (Å²) >= 11 is 0. The molecular formula is C55H106O6. The molecule has 0 spiro atoms. The SMILES string of the molecule is CCCCCCCCCCCCCCCCCCC(=O)O[C@H](COC(=O)CCCCCCCCCCCCCCCCC)COC(=O)CCCCCCCCCCC(C)CC. The summed E-state index contributed by atoms with van der Waals surface area (Å²) in [6.07, 6.45) is 52.2. The Morgan fingerprint density at radius 3 is 0.852 bits per heavy atom. The highest BCUT2D eigenvalue weighted by atomic mass is 16.6. The van der Waals surface area contributed by atoms with Crippen molar-refractivity contribution < 1.29 is 28.6 Å². The van der Waals surface area contributed by atoms with Crippen molar-refractivity contribution in [3.63, 3.8) is 0 Å². The first kappa shape index (κ1) is 59.4. The van der Waals surface area contributed by atoms with Crippen molar-refractivity contribution in [2.45, 2.75) is 316 Å². The Labute approximate surface area is 380 Å². The van der Waals surface area contributed by atoms with E-state index in [9.17, 15) is 14.4 Å². The molecule has 2 atom stereocenters. The lowest BCUT2D eigenvalue weighted by Gasteiger charge is -2.18. The van der Waals surface area contributed by atoms with Crippen molar-refractivity contribution in [3.8, 4) is 0 Å². The summed E-state index contributed by atoms with van der Waals surface area (Å²) in [6, 6.07) is 0. The third-order valence-electron chi connectivity index (χ3n) is 12.9. The van der Waals surface area contributed by atoms with Crippen molar-refractivity contribution in [3.05, 3.63) is 0 Å². The second-order valence-corrected chi connectivity index (χ2v) is 19.1. The number of hydrogen-bond acceptors (Lipinski definition) is 6. The Kier molecular flexibility index (Phi) is 48.1.